The second-order valence-corrected chi connectivity index (χ2v) is 6.43. The van der Waals surface area contributed by atoms with Crippen molar-refractivity contribution < 1.29 is 13.6 Å². The lowest BCUT2D eigenvalue weighted by molar-refractivity contribution is 0.102. The molecule has 1 aliphatic rings. The minimum Gasteiger partial charge on any atom is -0.361 e. The fraction of sp³-hybridized carbons (Fsp3) is 0.389. The quantitative estimate of drug-likeness (QED) is 0.907. The minimum atomic E-state index is -1.07. The van der Waals surface area contributed by atoms with Crippen LogP contribution < -0.4 is 15.1 Å². The number of nitrogens with one attached hydrogen (secondary N) is 1. The normalized spacial score (nSPS) is 14.2. The molecule has 2 aromatic rings. The maximum atomic E-state index is 13.4. The summed E-state index contributed by atoms with van der Waals surface area (Å²) in [7, 11) is 3.63. The highest BCUT2D eigenvalue weighted by Crippen LogP contribution is 2.25. The Hall–Kier alpha value is -2.77. The van der Waals surface area contributed by atoms with Gasteiger partial charge in [-0.2, -0.15) is 4.98 Å². The number of carbonyl (C=O) groups excluding carboxylic acids is 1. The van der Waals surface area contributed by atoms with Gasteiger partial charge in [-0.3, -0.25) is 4.79 Å². The van der Waals surface area contributed by atoms with E-state index < -0.39 is 17.5 Å². The van der Waals surface area contributed by atoms with E-state index in [1.807, 2.05) is 14.1 Å². The van der Waals surface area contributed by atoms with Gasteiger partial charge in [0.05, 0.1) is 6.20 Å². The number of aromatic nitrogens is 2. The molecule has 3 rings (SSSR count). The third-order valence-corrected chi connectivity index (χ3v) is 4.25. The number of anilines is 3. The van der Waals surface area contributed by atoms with Crippen molar-refractivity contribution in [3.05, 3.63) is 41.6 Å². The molecule has 1 aromatic heterocycles. The van der Waals surface area contributed by atoms with Crippen LogP contribution in [0, 0.1) is 11.6 Å². The number of hydrogen-bond acceptors (Lipinski definition) is 5. The van der Waals surface area contributed by atoms with E-state index in [0.29, 0.717) is 17.5 Å². The van der Waals surface area contributed by atoms with Crippen LogP contribution in [-0.2, 0) is 0 Å². The zero-order valence-electron chi connectivity index (χ0n) is 14.8. The predicted octanol–water partition coefficient (Wildman–Crippen LogP) is 3.06. The van der Waals surface area contributed by atoms with Crippen LogP contribution in [0.25, 0.3) is 0 Å². The maximum absolute atomic E-state index is 13.4. The lowest BCUT2D eigenvalue weighted by Gasteiger charge is -2.28. The van der Waals surface area contributed by atoms with Crippen LogP contribution in [0.2, 0.25) is 0 Å². The number of benzene rings is 1. The summed E-state index contributed by atoms with van der Waals surface area (Å²) in [4.78, 5) is 25.2. The highest BCUT2D eigenvalue weighted by atomic mass is 19.2. The largest absolute Gasteiger partial charge is 0.361 e. The maximum Gasteiger partial charge on any atom is 0.255 e. The summed E-state index contributed by atoms with van der Waals surface area (Å²) in [6.07, 6.45) is 4.97. The van der Waals surface area contributed by atoms with Gasteiger partial charge in [-0.1, -0.05) is 0 Å². The minimum absolute atomic E-state index is 0.0220. The van der Waals surface area contributed by atoms with Crippen LogP contribution >= 0.6 is 0 Å². The zero-order valence-corrected chi connectivity index (χ0v) is 14.8. The molecule has 6 nitrogen and oxygen atoms in total. The molecular formula is C18H21F2N5O. The molecule has 8 heteroatoms. The Bertz CT molecular complexity index is 806. The van der Waals surface area contributed by atoms with Crippen LogP contribution in [0.3, 0.4) is 0 Å². The van der Waals surface area contributed by atoms with Crippen molar-refractivity contribution in [3.63, 3.8) is 0 Å². The predicted molar refractivity (Wildman–Crippen MR) is 96.7 cm³/mol. The smallest absolute Gasteiger partial charge is 0.255 e. The molecule has 0 aliphatic carbocycles. The van der Waals surface area contributed by atoms with E-state index in [-0.39, 0.29) is 5.56 Å². The van der Waals surface area contributed by atoms with E-state index >= 15 is 0 Å². The van der Waals surface area contributed by atoms with Gasteiger partial charge in [-0.05, 0) is 37.5 Å². The first-order chi connectivity index (χ1) is 12.5. The van der Waals surface area contributed by atoms with Gasteiger partial charge in [0.1, 0.15) is 5.69 Å². The zero-order chi connectivity index (χ0) is 18.7. The van der Waals surface area contributed by atoms with Gasteiger partial charge in [0.15, 0.2) is 17.5 Å². The first-order valence-electron chi connectivity index (χ1n) is 8.51. The van der Waals surface area contributed by atoms with Crippen molar-refractivity contribution in [1.82, 2.24) is 9.97 Å². The molecule has 138 valence electrons. The van der Waals surface area contributed by atoms with E-state index in [4.69, 9.17) is 0 Å². The van der Waals surface area contributed by atoms with Crippen LogP contribution in [-0.4, -0.2) is 43.1 Å². The van der Waals surface area contributed by atoms with Crippen molar-refractivity contribution in [2.24, 2.45) is 0 Å². The fourth-order valence-electron chi connectivity index (χ4n) is 2.87. The van der Waals surface area contributed by atoms with Crippen molar-refractivity contribution >= 4 is 23.4 Å². The number of hydrogen-bond donors (Lipinski definition) is 1. The molecule has 1 fully saturated rings. The fourth-order valence-corrected chi connectivity index (χ4v) is 2.87. The lowest BCUT2D eigenvalue weighted by Crippen LogP contribution is -2.31. The van der Waals surface area contributed by atoms with Crippen LogP contribution in [0.4, 0.5) is 26.2 Å². The van der Waals surface area contributed by atoms with Gasteiger partial charge in [0, 0.05) is 32.7 Å². The Balaban J connectivity index is 1.84. The summed E-state index contributed by atoms with van der Waals surface area (Å²) < 4.78 is 26.4. The Kier molecular flexibility index (Phi) is 5.29. The number of piperidine rings is 1. The number of amides is 1. The molecule has 0 spiro atoms. The Morgan fingerprint density at radius 2 is 1.88 bits per heavy atom. The van der Waals surface area contributed by atoms with Gasteiger partial charge in [-0.15, -0.1) is 0 Å². The molecule has 0 unspecified atom stereocenters. The molecule has 0 radical (unpaired) electrons. The van der Waals surface area contributed by atoms with Crippen molar-refractivity contribution in [3.8, 4) is 0 Å². The summed E-state index contributed by atoms with van der Waals surface area (Å²) in [6, 6.07) is 3.02. The molecule has 0 atom stereocenters. The van der Waals surface area contributed by atoms with E-state index in [0.717, 1.165) is 38.1 Å². The molecular weight excluding hydrogens is 340 g/mol. The molecule has 1 N–H and O–H groups in total. The van der Waals surface area contributed by atoms with Crippen molar-refractivity contribution in [2.45, 2.75) is 19.3 Å². The number of carbonyl (C=O) groups is 1. The Labute approximate surface area is 150 Å². The Morgan fingerprint density at radius 3 is 2.54 bits per heavy atom. The first kappa shape index (κ1) is 18.0. The highest BCUT2D eigenvalue weighted by molar-refractivity contribution is 6.05. The molecule has 26 heavy (non-hydrogen) atoms. The molecule has 2 heterocycles. The average molecular weight is 361 g/mol. The number of rotatable bonds is 4. The molecule has 1 aliphatic heterocycles. The molecule has 0 saturated carbocycles. The molecule has 1 aromatic carbocycles. The van der Waals surface area contributed by atoms with Gasteiger partial charge < -0.3 is 15.1 Å². The van der Waals surface area contributed by atoms with Crippen LogP contribution in [0.15, 0.2) is 24.4 Å². The van der Waals surface area contributed by atoms with E-state index in [1.165, 1.54) is 12.5 Å². The topological polar surface area (TPSA) is 61.4 Å². The van der Waals surface area contributed by atoms with Crippen LogP contribution in [0.1, 0.15) is 29.6 Å². The summed E-state index contributed by atoms with van der Waals surface area (Å²) >= 11 is 0. The standard InChI is InChI=1S/C18H21F2N5O/c1-24(2)16-15(11-21-18(23-16)25-8-4-3-5-9-25)22-17(26)12-6-7-13(19)14(20)10-12/h6-7,10-11H,3-5,8-9H2,1-2H3,(H,22,26). The van der Waals surface area contributed by atoms with E-state index in [9.17, 15) is 13.6 Å². The van der Waals surface area contributed by atoms with Crippen molar-refractivity contribution in [1.29, 1.82) is 0 Å². The van der Waals surface area contributed by atoms with Crippen LogP contribution in [0.5, 0.6) is 0 Å². The van der Waals surface area contributed by atoms with Gasteiger partial charge in [-0.25, -0.2) is 13.8 Å². The van der Waals surface area contributed by atoms with Gasteiger partial charge >= 0.3 is 0 Å². The van der Waals surface area contributed by atoms with Crippen molar-refractivity contribution in [2.75, 3.05) is 42.3 Å². The second kappa shape index (κ2) is 7.63. The summed E-state index contributed by atoms with van der Waals surface area (Å²) in [5.74, 6) is -1.44. The van der Waals surface area contributed by atoms with Gasteiger partial charge in [0.25, 0.3) is 5.91 Å². The lowest BCUT2D eigenvalue weighted by atomic mass is 10.1. The number of halogens is 2. The van der Waals surface area contributed by atoms with E-state index in [2.05, 4.69) is 20.2 Å². The molecule has 0 bridgehead atoms. The summed E-state index contributed by atoms with van der Waals surface area (Å²) in [5.41, 5.74) is 0.430. The second-order valence-electron chi connectivity index (χ2n) is 6.43. The first-order valence-corrected chi connectivity index (χ1v) is 8.51. The monoisotopic (exact) mass is 361 g/mol. The summed E-state index contributed by atoms with van der Waals surface area (Å²) in [5, 5.41) is 2.67. The summed E-state index contributed by atoms with van der Waals surface area (Å²) in [6.45, 7) is 1.82. The average Bonchev–Trinajstić information content (AvgIpc) is 2.64. The third kappa shape index (κ3) is 3.89. The highest BCUT2D eigenvalue weighted by Gasteiger charge is 2.18. The third-order valence-electron chi connectivity index (χ3n) is 4.25. The van der Waals surface area contributed by atoms with Gasteiger partial charge in [0.2, 0.25) is 5.95 Å². The molecule has 1 saturated heterocycles. The Morgan fingerprint density at radius 1 is 1.15 bits per heavy atom. The number of nitrogens with zero attached hydrogens (tertiary/aromatic N) is 4. The SMILES string of the molecule is CN(C)c1nc(N2CCCCC2)ncc1NC(=O)c1ccc(F)c(F)c1. The van der Waals surface area contributed by atoms with E-state index in [1.54, 1.807) is 11.1 Å². The molecule has 1 amide bonds.